The summed E-state index contributed by atoms with van der Waals surface area (Å²) in [5.74, 6) is -1.37. The molecular weight excluding hydrogens is 423 g/mol. The van der Waals surface area contributed by atoms with E-state index in [0.717, 1.165) is 12.1 Å². The molecule has 0 unspecified atom stereocenters. The Kier molecular flexibility index (Phi) is 5.71. The maximum atomic E-state index is 13.4. The maximum Gasteiger partial charge on any atom is 0.416 e. The van der Waals surface area contributed by atoms with Crippen LogP contribution in [0.15, 0.2) is 69.6 Å². The van der Waals surface area contributed by atoms with Crippen molar-refractivity contribution in [3.8, 4) is 0 Å². The third kappa shape index (κ3) is 3.97. The normalized spacial score (nSPS) is 21.3. The van der Waals surface area contributed by atoms with Gasteiger partial charge in [0.1, 0.15) is 5.76 Å². The van der Waals surface area contributed by atoms with Gasteiger partial charge in [0.05, 0.1) is 24.0 Å². The number of carbonyl (C=O) groups is 2. The molecule has 8 heteroatoms. The van der Waals surface area contributed by atoms with Gasteiger partial charge in [-0.15, -0.1) is 0 Å². The molecule has 168 valence electrons. The summed E-state index contributed by atoms with van der Waals surface area (Å²) in [6.07, 6.45) is -2.44. The van der Waals surface area contributed by atoms with E-state index in [1.54, 1.807) is 26.0 Å². The van der Waals surface area contributed by atoms with Gasteiger partial charge in [0.15, 0.2) is 5.78 Å². The maximum absolute atomic E-state index is 13.4. The fourth-order valence-electron chi connectivity index (χ4n) is 4.47. The number of benzene rings is 1. The molecule has 0 saturated carbocycles. The number of furan rings is 1. The third-order valence-corrected chi connectivity index (χ3v) is 5.82. The van der Waals surface area contributed by atoms with Crippen molar-refractivity contribution in [3.63, 3.8) is 0 Å². The van der Waals surface area contributed by atoms with Crippen molar-refractivity contribution in [3.05, 3.63) is 82.1 Å². The van der Waals surface area contributed by atoms with Gasteiger partial charge in [-0.05, 0) is 44.0 Å². The van der Waals surface area contributed by atoms with Crippen LogP contribution in [0.5, 0.6) is 0 Å². The number of nitrogens with one attached hydrogen (secondary N) is 1. The second-order valence-electron chi connectivity index (χ2n) is 7.88. The highest BCUT2D eigenvalue weighted by molar-refractivity contribution is 6.04. The molecule has 1 aliphatic carbocycles. The molecule has 1 aromatic heterocycles. The Labute approximate surface area is 182 Å². The summed E-state index contributed by atoms with van der Waals surface area (Å²) < 4.78 is 50.9. The van der Waals surface area contributed by atoms with Gasteiger partial charge < -0.3 is 14.5 Å². The highest BCUT2D eigenvalue weighted by atomic mass is 19.4. The lowest BCUT2D eigenvalue weighted by Gasteiger charge is -2.36. The smallest absolute Gasteiger partial charge is 0.416 e. The Morgan fingerprint density at radius 3 is 2.66 bits per heavy atom. The molecule has 0 saturated heterocycles. The lowest BCUT2D eigenvalue weighted by molar-refractivity contribution is -0.139. The van der Waals surface area contributed by atoms with Crippen molar-refractivity contribution in [2.75, 3.05) is 6.61 Å². The van der Waals surface area contributed by atoms with E-state index in [1.807, 2.05) is 0 Å². The van der Waals surface area contributed by atoms with E-state index in [2.05, 4.69) is 5.32 Å². The first kappa shape index (κ1) is 21.9. The topological polar surface area (TPSA) is 68.5 Å². The minimum absolute atomic E-state index is 0.103. The van der Waals surface area contributed by atoms with Crippen LogP contribution in [0.3, 0.4) is 0 Å². The van der Waals surface area contributed by atoms with Crippen LogP contribution in [0.1, 0.15) is 55.4 Å². The monoisotopic (exact) mass is 445 g/mol. The molecule has 32 heavy (non-hydrogen) atoms. The van der Waals surface area contributed by atoms with Gasteiger partial charge in [-0.1, -0.05) is 18.2 Å². The minimum atomic E-state index is -4.55. The molecule has 0 bridgehead atoms. The Balaban J connectivity index is 1.84. The molecule has 2 atom stereocenters. The lowest BCUT2D eigenvalue weighted by atomic mass is 9.72. The van der Waals surface area contributed by atoms with Crippen LogP contribution < -0.4 is 5.32 Å². The molecule has 2 aromatic rings. The number of ketones is 1. The lowest BCUT2D eigenvalue weighted by Crippen LogP contribution is -2.36. The van der Waals surface area contributed by atoms with Crippen LogP contribution in [-0.4, -0.2) is 18.4 Å². The predicted molar refractivity (Wildman–Crippen MR) is 109 cm³/mol. The van der Waals surface area contributed by atoms with Crippen molar-refractivity contribution in [1.82, 2.24) is 5.32 Å². The summed E-state index contributed by atoms with van der Waals surface area (Å²) in [6, 6.07) is 8.30. The van der Waals surface area contributed by atoms with Crippen LogP contribution in [0.2, 0.25) is 0 Å². The molecule has 2 heterocycles. The molecule has 5 nitrogen and oxygen atoms in total. The fourth-order valence-corrected chi connectivity index (χ4v) is 4.47. The highest BCUT2D eigenvalue weighted by Crippen LogP contribution is 2.46. The second-order valence-corrected chi connectivity index (χ2v) is 7.88. The van der Waals surface area contributed by atoms with Gasteiger partial charge in [0.2, 0.25) is 0 Å². The standard InChI is InChI=1S/C24H22F3NO4/c1-3-31-23(30)20-13(2)28-17-11-15(19-8-5-9-32-19)12-18(29)22(17)21(20)14-6-4-7-16(10-14)24(25,26)27/h4-10,15,21,28H,3,11-12H2,1-2H3/t15-,21+/m0/s1. The highest BCUT2D eigenvalue weighted by Gasteiger charge is 2.42. The van der Waals surface area contributed by atoms with Gasteiger partial charge in [-0.2, -0.15) is 13.2 Å². The summed E-state index contributed by atoms with van der Waals surface area (Å²) >= 11 is 0. The number of esters is 1. The van der Waals surface area contributed by atoms with Gasteiger partial charge in [-0.25, -0.2) is 4.79 Å². The number of hydrogen-bond acceptors (Lipinski definition) is 5. The molecule has 0 amide bonds. The van der Waals surface area contributed by atoms with Crippen LogP contribution in [-0.2, 0) is 20.5 Å². The van der Waals surface area contributed by atoms with Crippen molar-refractivity contribution in [1.29, 1.82) is 0 Å². The van der Waals surface area contributed by atoms with Gasteiger partial charge in [0, 0.05) is 35.2 Å². The molecule has 1 N–H and O–H groups in total. The van der Waals surface area contributed by atoms with Crippen molar-refractivity contribution in [2.45, 2.75) is 44.7 Å². The first-order valence-corrected chi connectivity index (χ1v) is 10.3. The molecule has 0 radical (unpaired) electrons. The van der Waals surface area contributed by atoms with E-state index >= 15 is 0 Å². The fraction of sp³-hybridized carbons (Fsp3) is 0.333. The van der Waals surface area contributed by atoms with E-state index in [-0.39, 0.29) is 35.9 Å². The van der Waals surface area contributed by atoms with E-state index in [0.29, 0.717) is 29.1 Å². The average molecular weight is 445 g/mol. The number of alkyl halides is 3. The summed E-state index contributed by atoms with van der Waals surface area (Å²) in [7, 11) is 0. The predicted octanol–water partition coefficient (Wildman–Crippen LogP) is 5.22. The SMILES string of the molecule is CCOC(=O)C1=C(C)NC2=C(C(=O)C[C@@H](c3ccco3)C2)[C@@H]1c1cccc(C(F)(F)F)c1. The second kappa shape index (κ2) is 8.33. The Morgan fingerprint density at radius 1 is 1.22 bits per heavy atom. The number of dihydropyridines is 1. The Bertz CT molecular complexity index is 1110. The number of Topliss-reactive ketones (excluding diaryl/α,β-unsaturated/α-hetero) is 1. The van der Waals surface area contributed by atoms with Crippen LogP contribution >= 0.6 is 0 Å². The Morgan fingerprint density at radius 2 is 2.00 bits per heavy atom. The summed E-state index contributed by atoms with van der Waals surface area (Å²) in [4.78, 5) is 26.1. The molecule has 4 rings (SSSR count). The van der Waals surface area contributed by atoms with Crippen molar-refractivity contribution >= 4 is 11.8 Å². The first-order chi connectivity index (χ1) is 15.2. The van der Waals surface area contributed by atoms with Gasteiger partial charge in [-0.3, -0.25) is 4.79 Å². The van der Waals surface area contributed by atoms with Crippen LogP contribution in [0.25, 0.3) is 0 Å². The van der Waals surface area contributed by atoms with Crippen molar-refractivity contribution < 1.29 is 31.9 Å². The summed E-state index contributed by atoms with van der Waals surface area (Å²) in [5, 5.41) is 3.15. The number of ether oxygens (including phenoxy) is 1. The van der Waals surface area contributed by atoms with Gasteiger partial charge in [0.25, 0.3) is 0 Å². The molecule has 2 aliphatic rings. The molecule has 0 spiro atoms. The third-order valence-electron chi connectivity index (χ3n) is 5.82. The first-order valence-electron chi connectivity index (χ1n) is 10.3. The van der Waals surface area contributed by atoms with E-state index in [4.69, 9.17) is 9.15 Å². The zero-order chi connectivity index (χ0) is 23.0. The van der Waals surface area contributed by atoms with Crippen LogP contribution in [0, 0.1) is 0 Å². The Hall–Kier alpha value is -3.29. The average Bonchev–Trinajstić information content (AvgIpc) is 3.27. The largest absolute Gasteiger partial charge is 0.469 e. The summed E-state index contributed by atoms with van der Waals surface area (Å²) in [6.45, 7) is 3.41. The number of rotatable bonds is 4. The zero-order valence-corrected chi connectivity index (χ0v) is 17.6. The van der Waals surface area contributed by atoms with Crippen molar-refractivity contribution in [2.24, 2.45) is 0 Å². The van der Waals surface area contributed by atoms with Crippen LogP contribution in [0.4, 0.5) is 13.2 Å². The number of allylic oxidation sites excluding steroid dienone is 3. The number of halogens is 3. The minimum Gasteiger partial charge on any atom is -0.469 e. The summed E-state index contributed by atoms with van der Waals surface area (Å²) in [5.41, 5.74) is 0.887. The van der Waals surface area contributed by atoms with E-state index in [9.17, 15) is 22.8 Å². The van der Waals surface area contributed by atoms with Gasteiger partial charge >= 0.3 is 12.1 Å². The number of carbonyl (C=O) groups excluding carboxylic acids is 2. The zero-order valence-electron chi connectivity index (χ0n) is 17.6. The molecular formula is C24H22F3NO4. The quantitative estimate of drug-likeness (QED) is 0.654. The van der Waals surface area contributed by atoms with E-state index < -0.39 is 23.6 Å². The molecule has 0 fully saturated rings. The molecule has 1 aromatic carbocycles. The van der Waals surface area contributed by atoms with E-state index in [1.165, 1.54) is 18.4 Å². The molecule has 1 aliphatic heterocycles. The number of hydrogen-bond donors (Lipinski definition) is 1.